The van der Waals surface area contributed by atoms with Gasteiger partial charge >= 0.3 is 6.03 Å². The maximum Gasteiger partial charge on any atom is 0.322 e. The van der Waals surface area contributed by atoms with E-state index in [9.17, 15) is 4.79 Å². The minimum absolute atomic E-state index is 0.214. The summed E-state index contributed by atoms with van der Waals surface area (Å²) in [5, 5.41) is 8.20. The van der Waals surface area contributed by atoms with Gasteiger partial charge < -0.3 is 14.7 Å². The molecule has 2 aromatic carbocycles. The van der Waals surface area contributed by atoms with E-state index in [-0.39, 0.29) is 12.1 Å². The molecule has 8 heteroatoms. The van der Waals surface area contributed by atoms with Crippen molar-refractivity contribution in [2.24, 2.45) is 0 Å². The molecule has 1 aliphatic rings. The van der Waals surface area contributed by atoms with Crippen molar-refractivity contribution < 1.29 is 9.32 Å². The number of aromatic nitrogens is 2. The molecular formula is C20H18Cl2N4O2. The van der Waals surface area contributed by atoms with Crippen molar-refractivity contribution in [3.63, 3.8) is 0 Å². The largest absolute Gasteiger partial charge is 0.337 e. The Kier molecular flexibility index (Phi) is 5.24. The molecule has 1 aliphatic heterocycles. The van der Waals surface area contributed by atoms with Gasteiger partial charge in [-0.25, -0.2) is 4.79 Å². The van der Waals surface area contributed by atoms with Crippen LogP contribution >= 0.6 is 23.2 Å². The highest BCUT2D eigenvalue weighted by Crippen LogP contribution is 2.33. The van der Waals surface area contributed by atoms with Crippen molar-refractivity contribution in [2.45, 2.75) is 25.8 Å². The Morgan fingerprint density at radius 3 is 2.75 bits per heavy atom. The number of anilines is 1. The van der Waals surface area contributed by atoms with Crippen molar-refractivity contribution in [1.82, 2.24) is 15.0 Å². The first-order valence-electron chi connectivity index (χ1n) is 8.94. The number of nitrogens with one attached hydrogen (secondary N) is 1. The fourth-order valence-corrected chi connectivity index (χ4v) is 3.53. The molecule has 0 saturated carbocycles. The fraction of sp³-hybridized carbons (Fsp3) is 0.250. The molecule has 28 heavy (non-hydrogen) atoms. The van der Waals surface area contributed by atoms with Crippen LogP contribution in [0.3, 0.4) is 0 Å². The highest BCUT2D eigenvalue weighted by molar-refractivity contribution is 6.31. The second-order valence-corrected chi connectivity index (χ2v) is 7.55. The van der Waals surface area contributed by atoms with Gasteiger partial charge in [-0.2, -0.15) is 4.98 Å². The Morgan fingerprint density at radius 1 is 1.21 bits per heavy atom. The zero-order chi connectivity index (χ0) is 19.7. The third-order valence-corrected chi connectivity index (χ3v) is 5.43. The van der Waals surface area contributed by atoms with E-state index in [1.807, 2.05) is 31.2 Å². The van der Waals surface area contributed by atoms with Gasteiger partial charge in [-0.15, -0.1) is 0 Å². The van der Waals surface area contributed by atoms with Crippen LogP contribution in [0.2, 0.25) is 10.0 Å². The first-order chi connectivity index (χ1) is 13.5. The maximum atomic E-state index is 12.8. The predicted molar refractivity (Wildman–Crippen MR) is 109 cm³/mol. The molecule has 1 aromatic heterocycles. The van der Waals surface area contributed by atoms with Gasteiger partial charge in [0.1, 0.15) is 6.04 Å². The fourth-order valence-electron chi connectivity index (χ4n) is 3.22. The smallest absolute Gasteiger partial charge is 0.322 e. The van der Waals surface area contributed by atoms with E-state index in [0.29, 0.717) is 34.0 Å². The summed E-state index contributed by atoms with van der Waals surface area (Å²) in [4.78, 5) is 19.0. The molecule has 0 aliphatic carbocycles. The van der Waals surface area contributed by atoms with Crippen LogP contribution in [-0.2, 0) is 0 Å². The second-order valence-electron chi connectivity index (χ2n) is 6.71. The number of rotatable bonds is 3. The Morgan fingerprint density at radius 2 is 2.00 bits per heavy atom. The van der Waals surface area contributed by atoms with Gasteiger partial charge in [0.2, 0.25) is 11.7 Å². The lowest BCUT2D eigenvalue weighted by Crippen LogP contribution is -2.34. The normalized spacial score (nSPS) is 16.4. The van der Waals surface area contributed by atoms with Crippen molar-refractivity contribution in [1.29, 1.82) is 0 Å². The summed E-state index contributed by atoms with van der Waals surface area (Å²) in [5.41, 5.74) is 2.42. The zero-order valence-electron chi connectivity index (χ0n) is 15.2. The molecule has 0 radical (unpaired) electrons. The topological polar surface area (TPSA) is 71.3 Å². The van der Waals surface area contributed by atoms with Crippen molar-refractivity contribution >= 4 is 34.9 Å². The lowest BCUT2D eigenvalue weighted by molar-refractivity contribution is 0.193. The van der Waals surface area contributed by atoms with Gasteiger partial charge in [-0.05, 0) is 61.7 Å². The Labute approximate surface area is 172 Å². The number of urea groups is 1. The van der Waals surface area contributed by atoms with Gasteiger partial charge in [0.05, 0.1) is 0 Å². The summed E-state index contributed by atoms with van der Waals surface area (Å²) < 4.78 is 5.46. The van der Waals surface area contributed by atoms with E-state index in [1.54, 1.807) is 23.1 Å². The number of hydrogen-bond donors (Lipinski definition) is 1. The molecule has 1 atom stereocenters. The van der Waals surface area contributed by atoms with Crippen LogP contribution < -0.4 is 5.32 Å². The summed E-state index contributed by atoms with van der Waals surface area (Å²) in [6, 6.07) is 12.2. The molecule has 4 rings (SSSR count). The molecule has 0 bridgehead atoms. The van der Waals surface area contributed by atoms with Crippen molar-refractivity contribution in [3.05, 3.63) is 64.0 Å². The quantitative estimate of drug-likeness (QED) is 0.592. The molecule has 6 nitrogen and oxygen atoms in total. The van der Waals surface area contributed by atoms with Crippen LogP contribution in [0, 0.1) is 6.92 Å². The Balaban J connectivity index is 1.51. The first kappa shape index (κ1) is 18.8. The number of aryl methyl sites for hydroxylation is 1. The number of amides is 2. The van der Waals surface area contributed by atoms with Crippen LogP contribution in [0.1, 0.15) is 30.3 Å². The molecular weight excluding hydrogens is 399 g/mol. The monoisotopic (exact) mass is 416 g/mol. The number of hydrogen-bond acceptors (Lipinski definition) is 4. The number of nitrogens with zero attached hydrogens (tertiary/aromatic N) is 3. The lowest BCUT2D eigenvalue weighted by Gasteiger charge is -2.22. The lowest BCUT2D eigenvalue weighted by atomic mass is 10.2. The van der Waals surface area contributed by atoms with Gasteiger partial charge in [-0.3, -0.25) is 0 Å². The molecule has 1 N–H and O–H groups in total. The average molecular weight is 417 g/mol. The number of carbonyl (C=O) groups excluding carboxylic acids is 1. The molecule has 0 spiro atoms. The minimum Gasteiger partial charge on any atom is -0.337 e. The summed E-state index contributed by atoms with van der Waals surface area (Å²) in [6.07, 6.45) is 1.63. The van der Waals surface area contributed by atoms with E-state index in [0.717, 1.165) is 24.0 Å². The van der Waals surface area contributed by atoms with E-state index in [1.165, 1.54) is 0 Å². The van der Waals surface area contributed by atoms with Gasteiger partial charge in [0, 0.05) is 27.8 Å². The summed E-state index contributed by atoms with van der Waals surface area (Å²) in [5.74, 6) is 0.906. The third kappa shape index (κ3) is 3.84. The van der Waals surface area contributed by atoms with Crippen molar-refractivity contribution in [3.8, 4) is 11.4 Å². The Bertz CT molecular complexity index is 1000. The van der Waals surface area contributed by atoms with Gasteiger partial charge in [0.15, 0.2) is 0 Å². The number of carbonyl (C=O) groups is 1. The van der Waals surface area contributed by atoms with Crippen LogP contribution in [0.15, 0.2) is 47.0 Å². The third-order valence-electron chi connectivity index (χ3n) is 4.77. The summed E-state index contributed by atoms with van der Waals surface area (Å²) in [6.45, 7) is 2.53. The van der Waals surface area contributed by atoms with Crippen LogP contribution in [0.25, 0.3) is 11.4 Å². The molecule has 144 valence electrons. The summed E-state index contributed by atoms with van der Waals surface area (Å²) in [7, 11) is 0. The van der Waals surface area contributed by atoms with Crippen LogP contribution in [0.4, 0.5) is 10.5 Å². The predicted octanol–water partition coefficient (Wildman–Crippen LogP) is 5.72. The van der Waals surface area contributed by atoms with Crippen molar-refractivity contribution in [2.75, 3.05) is 11.9 Å². The number of halogens is 2. The molecule has 2 amide bonds. The maximum absolute atomic E-state index is 12.8. The van der Waals surface area contributed by atoms with E-state index in [2.05, 4.69) is 15.5 Å². The number of likely N-dealkylation sites (tertiary alicyclic amines) is 1. The van der Waals surface area contributed by atoms with Gasteiger partial charge in [0.25, 0.3) is 0 Å². The van der Waals surface area contributed by atoms with Crippen LogP contribution in [0.5, 0.6) is 0 Å². The molecule has 1 saturated heterocycles. The second kappa shape index (κ2) is 7.81. The highest BCUT2D eigenvalue weighted by Gasteiger charge is 2.34. The molecule has 0 unspecified atom stereocenters. The summed E-state index contributed by atoms with van der Waals surface area (Å²) >= 11 is 12.1. The van der Waals surface area contributed by atoms with Crippen LogP contribution in [-0.4, -0.2) is 27.6 Å². The zero-order valence-corrected chi connectivity index (χ0v) is 16.7. The van der Waals surface area contributed by atoms with E-state index in [4.69, 9.17) is 27.7 Å². The Hall–Kier alpha value is -2.57. The molecule has 3 aromatic rings. The SMILES string of the molecule is Cc1ccc(NC(=O)N2CCC[C@H]2c2nc(-c3ccc(Cl)cc3)no2)cc1Cl. The first-order valence-corrected chi connectivity index (χ1v) is 9.70. The van der Waals surface area contributed by atoms with E-state index < -0.39 is 0 Å². The molecule has 2 heterocycles. The average Bonchev–Trinajstić information content (AvgIpc) is 3.34. The standard InChI is InChI=1S/C20H18Cl2N4O2/c1-12-4-9-15(11-16(12)22)23-20(27)26-10-2-3-17(26)19-24-18(25-28-19)13-5-7-14(21)8-6-13/h4-9,11,17H,2-3,10H2,1H3,(H,23,27)/t17-/m0/s1. The highest BCUT2D eigenvalue weighted by atomic mass is 35.5. The number of benzene rings is 2. The van der Waals surface area contributed by atoms with E-state index >= 15 is 0 Å². The van der Waals surface area contributed by atoms with Gasteiger partial charge in [-0.1, -0.05) is 34.4 Å². The molecule has 1 fully saturated rings. The minimum atomic E-state index is -0.255.